The van der Waals surface area contributed by atoms with E-state index in [4.69, 9.17) is 0 Å². The summed E-state index contributed by atoms with van der Waals surface area (Å²) in [6, 6.07) is 7.52. The van der Waals surface area contributed by atoms with Gasteiger partial charge in [0.1, 0.15) is 0 Å². The molecule has 0 spiro atoms. The number of halogens is 2. The second kappa shape index (κ2) is 5.90. The average Bonchev–Trinajstić information content (AvgIpc) is 2.39. The first-order valence-electron chi connectivity index (χ1n) is 6.33. The fraction of sp³-hybridized carbons (Fsp3) is 0.500. The van der Waals surface area contributed by atoms with Crippen molar-refractivity contribution in [2.24, 2.45) is 5.92 Å². The van der Waals surface area contributed by atoms with E-state index in [9.17, 15) is 13.6 Å². The predicted octanol–water partition coefficient (Wildman–Crippen LogP) is 4.17. The average molecular weight is 285 g/mol. The molecule has 1 aliphatic rings. The van der Waals surface area contributed by atoms with E-state index in [1.54, 1.807) is 11.8 Å². The van der Waals surface area contributed by atoms with Crippen LogP contribution in [0.5, 0.6) is 0 Å². The van der Waals surface area contributed by atoms with E-state index >= 15 is 0 Å². The van der Waals surface area contributed by atoms with Crippen molar-refractivity contribution in [3.8, 4) is 0 Å². The van der Waals surface area contributed by atoms with Gasteiger partial charge in [0.05, 0.1) is 5.69 Å². The third-order valence-electron chi connectivity index (χ3n) is 3.45. The quantitative estimate of drug-likeness (QED) is 0.844. The lowest BCUT2D eigenvalue weighted by Gasteiger charge is -2.27. The number of thioether (sulfide) groups is 1. The zero-order chi connectivity index (χ0) is 13.9. The van der Waals surface area contributed by atoms with Crippen LogP contribution in [0.3, 0.4) is 0 Å². The minimum Gasteiger partial charge on any atom is -0.325 e. The van der Waals surface area contributed by atoms with Crippen LogP contribution < -0.4 is 5.32 Å². The normalized spacial score (nSPS) is 19.1. The number of alkyl halides is 2. The van der Waals surface area contributed by atoms with Gasteiger partial charge in [-0.2, -0.15) is 0 Å². The minimum atomic E-state index is -2.59. The molecular formula is C14H17F2NOS. The topological polar surface area (TPSA) is 29.1 Å². The molecule has 0 aromatic heterocycles. The molecule has 0 heterocycles. The van der Waals surface area contributed by atoms with Gasteiger partial charge in [0, 0.05) is 23.7 Å². The minimum absolute atomic E-state index is 0.142. The van der Waals surface area contributed by atoms with Crippen molar-refractivity contribution in [2.75, 3.05) is 11.6 Å². The molecule has 1 aliphatic carbocycles. The molecule has 1 saturated carbocycles. The number of carbonyl (C=O) groups excluding carboxylic acids is 1. The summed E-state index contributed by atoms with van der Waals surface area (Å²) in [6.45, 7) is 0. The number of rotatable bonds is 3. The molecule has 0 atom stereocenters. The number of nitrogens with one attached hydrogen (secondary N) is 1. The monoisotopic (exact) mass is 285 g/mol. The molecule has 1 fully saturated rings. The molecule has 2 nitrogen and oxygen atoms in total. The highest BCUT2D eigenvalue weighted by atomic mass is 32.2. The van der Waals surface area contributed by atoms with Crippen LogP contribution in [0.25, 0.3) is 0 Å². The lowest BCUT2D eigenvalue weighted by Crippen LogP contribution is -2.31. The van der Waals surface area contributed by atoms with Gasteiger partial charge in [-0.05, 0) is 31.2 Å². The number of hydrogen-bond acceptors (Lipinski definition) is 2. The van der Waals surface area contributed by atoms with Crippen molar-refractivity contribution in [1.82, 2.24) is 0 Å². The van der Waals surface area contributed by atoms with Gasteiger partial charge < -0.3 is 5.32 Å². The Bertz CT molecular complexity index is 455. The summed E-state index contributed by atoms with van der Waals surface area (Å²) in [5.41, 5.74) is 0.761. The molecule has 0 saturated heterocycles. The third kappa shape index (κ3) is 3.69. The molecule has 0 aliphatic heterocycles. The highest BCUT2D eigenvalue weighted by Crippen LogP contribution is 2.37. The molecular weight excluding hydrogens is 268 g/mol. The molecule has 0 radical (unpaired) electrons. The van der Waals surface area contributed by atoms with E-state index in [1.807, 2.05) is 30.5 Å². The highest BCUT2D eigenvalue weighted by Gasteiger charge is 2.37. The van der Waals surface area contributed by atoms with Crippen molar-refractivity contribution in [2.45, 2.75) is 36.5 Å². The Hall–Kier alpha value is -1.10. The van der Waals surface area contributed by atoms with Crippen molar-refractivity contribution >= 4 is 23.4 Å². The van der Waals surface area contributed by atoms with Gasteiger partial charge in [0.25, 0.3) is 0 Å². The van der Waals surface area contributed by atoms with Gasteiger partial charge in [-0.3, -0.25) is 4.79 Å². The smallest absolute Gasteiger partial charge is 0.248 e. The summed E-state index contributed by atoms with van der Waals surface area (Å²) in [5.74, 6) is -3.03. The first-order valence-corrected chi connectivity index (χ1v) is 7.56. The second-order valence-electron chi connectivity index (χ2n) is 4.82. The fourth-order valence-corrected chi connectivity index (χ4v) is 2.84. The SMILES string of the molecule is CSc1ccccc1NC(=O)C1CCC(F)(F)CC1. The Morgan fingerprint density at radius 1 is 1.32 bits per heavy atom. The zero-order valence-electron chi connectivity index (χ0n) is 10.8. The van der Waals surface area contributed by atoms with Gasteiger partial charge >= 0.3 is 0 Å². The first kappa shape index (κ1) is 14.3. The lowest BCUT2D eigenvalue weighted by atomic mass is 9.86. The Morgan fingerprint density at radius 3 is 2.58 bits per heavy atom. The molecule has 104 valence electrons. The van der Waals surface area contributed by atoms with Crippen LogP contribution >= 0.6 is 11.8 Å². The number of benzene rings is 1. The zero-order valence-corrected chi connectivity index (χ0v) is 11.6. The van der Waals surface area contributed by atoms with Gasteiger partial charge in [0.2, 0.25) is 11.8 Å². The molecule has 2 rings (SSSR count). The van der Waals surface area contributed by atoms with Gasteiger partial charge in [-0.25, -0.2) is 8.78 Å². The third-order valence-corrected chi connectivity index (χ3v) is 4.25. The number of carbonyl (C=O) groups is 1. The van der Waals surface area contributed by atoms with Crippen LogP contribution in [0.15, 0.2) is 29.2 Å². The lowest BCUT2D eigenvalue weighted by molar-refractivity contribution is -0.124. The molecule has 19 heavy (non-hydrogen) atoms. The van der Waals surface area contributed by atoms with Gasteiger partial charge in [0.15, 0.2) is 0 Å². The summed E-state index contributed by atoms with van der Waals surface area (Å²) in [4.78, 5) is 13.1. The van der Waals surface area contributed by atoms with E-state index < -0.39 is 5.92 Å². The molecule has 0 unspecified atom stereocenters. The molecule has 1 N–H and O–H groups in total. The molecule has 1 aromatic rings. The number of hydrogen-bond donors (Lipinski definition) is 1. The van der Waals surface area contributed by atoms with Crippen LogP contribution in [0.2, 0.25) is 0 Å². The Balaban J connectivity index is 1.98. The van der Waals surface area contributed by atoms with E-state index in [0.717, 1.165) is 10.6 Å². The maximum Gasteiger partial charge on any atom is 0.248 e. The first-order chi connectivity index (χ1) is 9.02. The largest absolute Gasteiger partial charge is 0.325 e. The molecule has 5 heteroatoms. The summed E-state index contributed by atoms with van der Waals surface area (Å²) in [5, 5.41) is 2.85. The maximum atomic E-state index is 13.1. The summed E-state index contributed by atoms with van der Waals surface area (Å²) in [7, 11) is 0. The predicted molar refractivity (Wildman–Crippen MR) is 73.8 cm³/mol. The van der Waals surface area contributed by atoms with Crippen molar-refractivity contribution in [3.63, 3.8) is 0 Å². The van der Waals surface area contributed by atoms with E-state index in [1.165, 1.54) is 0 Å². The molecule has 1 aromatic carbocycles. The van der Waals surface area contributed by atoms with Crippen LogP contribution in [0.4, 0.5) is 14.5 Å². The molecule has 0 bridgehead atoms. The van der Waals surface area contributed by atoms with Crippen molar-refractivity contribution in [1.29, 1.82) is 0 Å². The summed E-state index contributed by atoms with van der Waals surface area (Å²) < 4.78 is 26.1. The van der Waals surface area contributed by atoms with Crippen LogP contribution in [0.1, 0.15) is 25.7 Å². The summed E-state index contributed by atoms with van der Waals surface area (Å²) >= 11 is 1.55. The fourth-order valence-electron chi connectivity index (χ4n) is 2.29. The summed E-state index contributed by atoms with van der Waals surface area (Å²) in [6.07, 6.45) is 2.09. The number of amides is 1. The Morgan fingerprint density at radius 2 is 1.95 bits per heavy atom. The molecule has 1 amide bonds. The second-order valence-corrected chi connectivity index (χ2v) is 5.67. The van der Waals surface area contributed by atoms with Crippen LogP contribution in [-0.4, -0.2) is 18.1 Å². The van der Waals surface area contributed by atoms with Crippen LogP contribution in [0, 0.1) is 5.92 Å². The highest BCUT2D eigenvalue weighted by molar-refractivity contribution is 7.98. The van der Waals surface area contributed by atoms with Gasteiger partial charge in [-0.1, -0.05) is 12.1 Å². The van der Waals surface area contributed by atoms with Crippen molar-refractivity contribution < 1.29 is 13.6 Å². The Kier molecular flexibility index (Phi) is 4.45. The number of anilines is 1. The van der Waals surface area contributed by atoms with Crippen LogP contribution in [-0.2, 0) is 4.79 Å². The Labute approximate surface area is 116 Å². The van der Waals surface area contributed by atoms with E-state index in [-0.39, 0.29) is 37.5 Å². The van der Waals surface area contributed by atoms with E-state index in [0.29, 0.717) is 0 Å². The number of para-hydroxylation sites is 1. The van der Waals surface area contributed by atoms with Crippen molar-refractivity contribution in [3.05, 3.63) is 24.3 Å². The van der Waals surface area contributed by atoms with Gasteiger partial charge in [-0.15, -0.1) is 11.8 Å². The standard InChI is InChI=1S/C14H17F2NOS/c1-19-12-5-3-2-4-11(12)17-13(18)10-6-8-14(15,16)9-7-10/h2-5,10H,6-9H2,1H3,(H,17,18). The van der Waals surface area contributed by atoms with E-state index in [2.05, 4.69) is 5.32 Å². The maximum absolute atomic E-state index is 13.1.